The van der Waals surface area contributed by atoms with Crippen LogP contribution in [0.5, 0.6) is 0 Å². The lowest BCUT2D eigenvalue weighted by Gasteiger charge is -1.98. The molecule has 1 rings (SSSR count). The van der Waals surface area contributed by atoms with E-state index >= 15 is 0 Å². The minimum Gasteiger partial charge on any atom is -0.370 e. The van der Waals surface area contributed by atoms with Crippen molar-refractivity contribution in [1.29, 1.82) is 0 Å². The molecule has 0 amide bonds. The topological polar surface area (TPSA) is 62.7 Å². The highest BCUT2D eigenvalue weighted by Crippen LogP contribution is 2.11. The standard InChI is InChI=1S/C6H8N2O2/c7-8-4-5(9)6-2-1-3-10-6/h4,6H,1-3H2/t6-/m0/s1. The van der Waals surface area contributed by atoms with Crippen molar-refractivity contribution in [2.45, 2.75) is 18.9 Å². The fraction of sp³-hybridized carbons (Fsp3) is 0.667. The quantitative estimate of drug-likeness (QED) is 0.308. The van der Waals surface area contributed by atoms with Gasteiger partial charge in [0.25, 0.3) is 5.78 Å². The summed E-state index contributed by atoms with van der Waals surface area (Å²) in [5.74, 6) is -0.250. The SMILES string of the molecule is [N-]=[N+]=CC(=O)[C@@H]1CCCO1. The predicted molar refractivity (Wildman–Crippen MR) is 33.7 cm³/mol. The first-order valence-electron chi connectivity index (χ1n) is 3.17. The van der Waals surface area contributed by atoms with Gasteiger partial charge < -0.3 is 10.3 Å². The number of hydrogen-bond donors (Lipinski definition) is 0. The Bertz CT molecular complexity index is 178. The zero-order valence-electron chi connectivity index (χ0n) is 5.49. The molecule has 0 aromatic rings. The molecular weight excluding hydrogens is 132 g/mol. The van der Waals surface area contributed by atoms with Gasteiger partial charge >= 0.3 is 6.21 Å². The van der Waals surface area contributed by atoms with Gasteiger partial charge in [0.1, 0.15) is 6.10 Å². The van der Waals surface area contributed by atoms with E-state index in [0.29, 0.717) is 6.61 Å². The van der Waals surface area contributed by atoms with Gasteiger partial charge in [0.15, 0.2) is 0 Å². The Labute approximate surface area is 58.4 Å². The molecule has 0 bridgehead atoms. The third-order valence-corrected chi connectivity index (χ3v) is 1.43. The van der Waals surface area contributed by atoms with Crippen LogP contribution < -0.4 is 0 Å². The number of carbonyl (C=O) groups is 1. The molecular formula is C6H8N2O2. The van der Waals surface area contributed by atoms with Gasteiger partial charge in [-0.15, -0.1) is 0 Å². The van der Waals surface area contributed by atoms with Gasteiger partial charge in [0, 0.05) is 6.61 Å². The summed E-state index contributed by atoms with van der Waals surface area (Å²) in [6.45, 7) is 0.635. The molecule has 1 fully saturated rings. The lowest BCUT2D eigenvalue weighted by atomic mass is 10.2. The lowest BCUT2D eigenvalue weighted by Crippen LogP contribution is -2.20. The van der Waals surface area contributed by atoms with E-state index in [4.69, 9.17) is 10.3 Å². The molecule has 0 saturated carbocycles. The monoisotopic (exact) mass is 140 g/mol. The molecule has 0 N–H and O–H groups in total. The summed E-state index contributed by atoms with van der Waals surface area (Å²) in [5, 5.41) is 0. The maximum atomic E-state index is 10.8. The first kappa shape index (κ1) is 7.12. The van der Waals surface area contributed by atoms with E-state index in [1.165, 1.54) is 0 Å². The van der Waals surface area contributed by atoms with Crippen molar-refractivity contribution in [3.8, 4) is 0 Å². The van der Waals surface area contributed by atoms with Crippen LogP contribution in [0, 0.1) is 0 Å². The summed E-state index contributed by atoms with van der Waals surface area (Å²) >= 11 is 0. The number of ether oxygens (including phenoxy) is 1. The van der Waals surface area contributed by atoms with E-state index < -0.39 is 0 Å². The second-order valence-electron chi connectivity index (χ2n) is 2.15. The van der Waals surface area contributed by atoms with Gasteiger partial charge in [-0.25, -0.2) is 0 Å². The highest BCUT2D eigenvalue weighted by atomic mass is 16.5. The minimum atomic E-state index is -0.365. The van der Waals surface area contributed by atoms with Crippen LogP contribution in [-0.2, 0) is 9.53 Å². The van der Waals surface area contributed by atoms with Gasteiger partial charge in [-0.3, -0.25) is 4.79 Å². The predicted octanol–water partition coefficient (Wildman–Crippen LogP) is 0.0351. The number of nitrogens with zero attached hydrogens (tertiary/aromatic N) is 2. The van der Waals surface area contributed by atoms with Gasteiger partial charge in [-0.05, 0) is 12.8 Å². The van der Waals surface area contributed by atoms with Crippen LogP contribution in [0.1, 0.15) is 12.8 Å². The first-order valence-corrected chi connectivity index (χ1v) is 3.17. The number of hydrogen-bond acceptors (Lipinski definition) is 2. The molecule has 4 nitrogen and oxygen atoms in total. The summed E-state index contributed by atoms with van der Waals surface area (Å²) < 4.78 is 5.02. The van der Waals surface area contributed by atoms with E-state index in [0.717, 1.165) is 19.1 Å². The molecule has 0 aliphatic carbocycles. The fourth-order valence-corrected chi connectivity index (χ4v) is 0.942. The molecule has 0 aromatic heterocycles. The summed E-state index contributed by atoms with van der Waals surface area (Å²) in [6.07, 6.45) is 2.17. The number of rotatable bonds is 2. The van der Waals surface area contributed by atoms with E-state index in [-0.39, 0.29) is 11.9 Å². The molecule has 10 heavy (non-hydrogen) atoms. The van der Waals surface area contributed by atoms with Gasteiger partial charge in [-0.1, -0.05) is 0 Å². The Balaban J connectivity index is 2.47. The average molecular weight is 140 g/mol. The van der Waals surface area contributed by atoms with Crippen molar-refractivity contribution < 1.29 is 14.3 Å². The molecule has 0 radical (unpaired) electrons. The summed E-state index contributed by atoms with van der Waals surface area (Å²) in [6, 6.07) is 0. The molecule has 4 heteroatoms. The zero-order chi connectivity index (χ0) is 7.40. The third kappa shape index (κ3) is 1.50. The second kappa shape index (κ2) is 3.25. The van der Waals surface area contributed by atoms with Crippen LogP contribution in [0.4, 0.5) is 0 Å². The van der Waals surface area contributed by atoms with Crippen molar-refractivity contribution in [2.75, 3.05) is 6.61 Å². The Morgan fingerprint density at radius 1 is 1.80 bits per heavy atom. The van der Waals surface area contributed by atoms with Crippen LogP contribution >= 0.6 is 0 Å². The molecule has 0 unspecified atom stereocenters. The average Bonchev–Trinajstić information content (AvgIpc) is 2.38. The van der Waals surface area contributed by atoms with Crippen molar-refractivity contribution in [3.63, 3.8) is 0 Å². The summed E-state index contributed by atoms with van der Waals surface area (Å²) in [7, 11) is 0. The molecule has 0 aromatic carbocycles. The van der Waals surface area contributed by atoms with Crippen LogP contribution in [0.25, 0.3) is 5.53 Å². The maximum Gasteiger partial charge on any atom is 0.325 e. The third-order valence-electron chi connectivity index (χ3n) is 1.43. The van der Waals surface area contributed by atoms with E-state index in [2.05, 4.69) is 4.79 Å². The number of ketones is 1. The van der Waals surface area contributed by atoms with Gasteiger partial charge in [0.05, 0.1) is 0 Å². The van der Waals surface area contributed by atoms with Crippen LogP contribution in [0.3, 0.4) is 0 Å². The Morgan fingerprint density at radius 3 is 3.10 bits per heavy atom. The Hall–Kier alpha value is -0.990. The smallest absolute Gasteiger partial charge is 0.325 e. The summed E-state index contributed by atoms with van der Waals surface area (Å²) in [5.41, 5.74) is 7.99. The molecule has 0 spiro atoms. The molecule has 1 atom stereocenters. The van der Waals surface area contributed by atoms with Crippen LogP contribution in [0.15, 0.2) is 0 Å². The van der Waals surface area contributed by atoms with Crippen LogP contribution in [0.2, 0.25) is 0 Å². The Kier molecular flexibility index (Phi) is 2.31. The van der Waals surface area contributed by atoms with E-state index in [1.54, 1.807) is 0 Å². The largest absolute Gasteiger partial charge is 0.370 e. The van der Waals surface area contributed by atoms with Gasteiger partial charge in [-0.2, -0.15) is 4.79 Å². The van der Waals surface area contributed by atoms with Gasteiger partial charge in [0.2, 0.25) is 0 Å². The van der Waals surface area contributed by atoms with Crippen molar-refractivity contribution >= 4 is 12.0 Å². The first-order chi connectivity index (χ1) is 4.84. The van der Waals surface area contributed by atoms with Crippen molar-refractivity contribution in [1.82, 2.24) is 0 Å². The van der Waals surface area contributed by atoms with Crippen molar-refractivity contribution in [2.24, 2.45) is 0 Å². The normalized spacial score (nSPS) is 23.8. The second-order valence-corrected chi connectivity index (χ2v) is 2.15. The highest BCUT2D eigenvalue weighted by Gasteiger charge is 2.24. The van der Waals surface area contributed by atoms with Crippen molar-refractivity contribution in [3.05, 3.63) is 5.53 Å². The molecule has 1 heterocycles. The maximum absolute atomic E-state index is 10.8. The molecule has 54 valence electrons. The Morgan fingerprint density at radius 2 is 2.60 bits per heavy atom. The summed E-state index contributed by atoms with van der Waals surface area (Å²) in [4.78, 5) is 13.4. The molecule has 1 saturated heterocycles. The zero-order valence-corrected chi connectivity index (χ0v) is 5.49. The number of Topliss-reactive ketones (excluding diaryl/α,β-unsaturated/α-hetero) is 1. The fourth-order valence-electron chi connectivity index (χ4n) is 0.942. The highest BCUT2D eigenvalue weighted by molar-refractivity contribution is 6.27. The number of carbonyl (C=O) groups excluding carboxylic acids is 1. The van der Waals surface area contributed by atoms with E-state index in [9.17, 15) is 4.79 Å². The van der Waals surface area contributed by atoms with E-state index in [1.807, 2.05) is 0 Å². The molecule has 1 aliphatic rings. The molecule has 1 aliphatic heterocycles. The lowest BCUT2D eigenvalue weighted by molar-refractivity contribution is -0.124. The van der Waals surface area contributed by atoms with Crippen LogP contribution in [-0.4, -0.2) is 29.5 Å². The minimum absolute atomic E-state index is 0.250.